The molecule has 1 aliphatic heterocycles. The molecule has 0 bridgehead atoms. The van der Waals surface area contributed by atoms with Crippen molar-refractivity contribution in [3.05, 3.63) is 42.1 Å². The standard InChI is InChI=1S/C15H16N2O/c1-11(18)17-8-4-7-15(17)13-9-12-5-2-3-6-14(12)16-10-13/h2-3,5-6,9-10,15H,4,7-8H2,1H3/t15-/m0/s1. The number of rotatable bonds is 1. The molecular formula is C15H16N2O. The fraction of sp³-hybridized carbons (Fsp3) is 0.333. The minimum atomic E-state index is 0.158. The van der Waals surface area contributed by atoms with E-state index in [0.29, 0.717) is 0 Å². The van der Waals surface area contributed by atoms with Crippen molar-refractivity contribution < 1.29 is 4.79 Å². The van der Waals surface area contributed by atoms with Gasteiger partial charge in [0, 0.05) is 25.1 Å². The maximum absolute atomic E-state index is 11.6. The maximum atomic E-state index is 11.6. The molecule has 1 atom stereocenters. The van der Waals surface area contributed by atoms with E-state index in [1.165, 1.54) is 0 Å². The molecule has 1 saturated heterocycles. The monoisotopic (exact) mass is 240 g/mol. The van der Waals surface area contributed by atoms with Gasteiger partial charge in [-0.3, -0.25) is 9.78 Å². The number of benzene rings is 1. The second kappa shape index (κ2) is 4.41. The van der Waals surface area contributed by atoms with E-state index in [4.69, 9.17) is 0 Å². The fourth-order valence-corrected chi connectivity index (χ4v) is 2.76. The zero-order valence-electron chi connectivity index (χ0n) is 10.5. The molecule has 0 N–H and O–H groups in total. The number of fused-ring (bicyclic) bond motifs is 1. The summed E-state index contributed by atoms with van der Waals surface area (Å²) in [5.41, 5.74) is 2.16. The molecule has 1 fully saturated rings. The van der Waals surface area contributed by atoms with Crippen molar-refractivity contribution in [3.63, 3.8) is 0 Å². The fourth-order valence-electron chi connectivity index (χ4n) is 2.76. The van der Waals surface area contributed by atoms with Crippen LogP contribution in [0.15, 0.2) is 36.5 Å². The first-order valence-electron chi connectivity index (χ1n) is 6.37. The average Bonchev–Trinajstić information content (AvgIpc) is 2.87. The molecule has 3 rings (SSSR count). The zero-order chi connectivity index (χ0) is 12.5. The van der Waals surface area contributed by atoms with E-state index in [2.05, 4.69) is 17.1 Å². The SMILES string of the molecule is CC(=O)N1CCC[C@H]1c1cnc2ccccc2c1. The van der Waals surface area contributed by atoms with Crippen molar-refractivity contribution in [2.75, 3.05) is 6.54 Å². The Morgan fingerprint density at radius 2 is 2.22 bits per heavy atom. The number of hydrogen-bond acceptors (Lipinski definition) is 2. The number of hydrogen-bond donors (Lipinski definition) is 0. The minimum absolute atomic E-state index is 0.158. The van der Waals surface area contributed by atoms with Crippen molar-refractivity contribution in [1.29, 1.82) is 0 Å². The first-order valence-corrected chi connectivity index (χ1v) is 6.37. The van der Waals surface area contributed by atoms with Crippen LogP contribution < -0.4 is 0 Å². The van der Waals surface area contributed by atoms with Gasteiger partial charge in [-0.15, -0.1) is 0 Å². The average molecular weight is 240 g/mol. The van der Waals surface area contributed by atoms with Gasteiger partial charge in [-0.25, -0.2) is 0 Å². The van der Waals surface area contributed by atoms with Crippen molar-refractivity contribution in [1.82, 2.24) is 9.88 Å². The highest BCUT2D eigenvalue weighted by Crippen LogP contribution is 2.32. The Hall–Kier alpha value is -1.90. The van der Waals surface area contributed by atoms with Crippen molar-refractivity contribution in [2.24, 2.45) is 0 Å². The summed E-state index contributed by atoms with van der Waals surface area (Å²) in [6.07, 6.45) is 4.03. The molecule has 0 aliphatic carbocycles. The van der Waals surface area contributed by atoms with E-state index in [-0.39, 0.29) is 11.9 Å². The van der Waals surface area contributed by atoms with Gasteiger partial charge in [0.1, 0.15) is 0 Å². The number of nitrogens with zero attached hydrogens (tertiary/aromatic N) is 2. The summed E-state index contributed by atoms with van der Waals surface area (Å²) in [6.45, 7) is 2.51. The van der Waals surface area contributed by atoms with E-state index in [1.54, 1.807) is 6.92 Å². The molecular weight excluding hydrogens is 224 g/mol. The van der Waals surface area contributed by atoms with Gasteiger partial charge in [-0.1, -0.05) is 18.2 Å². The molecule has 18 heavy (non-hydrogen) atoms. The second-order valence-electron chi connectivity index (χ2n) is 4.83. The molecule has 0 spiro atoms. The third-order valence-electron chi connectivity index (χ3n) is 3.65. The molecule has 2 heterocycles. The number of amides is 1. The Bertz CT molecular complexity index is 594. The third-order valence-corrected chi connectivity index (χ3v) is 3.65. The Labute approximate surface area is 106 Å². The Balaban J connectivity index is 2.01. The third kappa shape index (κ3) is 1.86. The normalized spacial score (nSPS) is 19.4. The largest absolute Gasteiger partial charge is 0.336 e. The predicted molar refractivity (Wildman–Crippen MR) is 71.1 cm³/mol. The molecule has 3 heteroatoms. The minimum Gasteiger partial charge on any atom is -0.336 e. The maximum Gasteiger partial charge on any atom is 0.219 e. The van der Waals surface area contributed by atoms with Crippen LogP contribution in [0.3, 0.4) is 0 Å². The lowest BCUT2D eigenvalue weighted by atomic mass is 10.0. The molecule has 2 aromatic rings. The highest BCUT2D eigenvalue weighted by Gasteiger charge is 2.27. The van der Waals surface area contributed by atoms with Crippen LogP contribution >= 0.6 is 0 Å². The second-order valence-corrected chi connectivity index (χ2v) is 4.83. The summed E-state index contributed by atoms with van der Waals surface area (Å²) in [7, 11) is 0. The predicted octanol–water partition coefficient (Wildman–Crippen LogP) is 2.92. The summed E-state index contributed by atoms with van der Waals surface area (Å²) in [5, 5.41) is 1.14. The van der Waals surface area contributed by atoms with Gasteiger partial charge < -0.3 is 4.90 Å². The van der Waals surface area contributed by atoms with Gasteiger partial charge in [-0.05, 0) is 30.5 Å². The van der Waals surface area contributed by atoms with Crippen LogP contribution in [0.4, 0.5) is 0 Å². The lowest BCUT2D eigenvalue weighted by Crippen LogP contribution is -2.28. The molecule has 1 aromatic carbocycles. The lowest BCUT2D eigenvalue weighted by Gasteiger charge is -2.23. The van der Waals surface area contributed by atoms with Crippen LogP contribution in [0.2, 0.25) is 0 Å². The summed E-state index contributed by atoms with van der Waals surface area (Å²) in [4.78, 5) is 18.0. The summed E-state index contributed by atoms with van der Waals surface area (Å²) < 4.78 is 0. The van der Waals surface area contributed by atoms with Crippen LogP contribution in [0.5, 0.6) is 0 Å². The Kier molecular flexibility index (Phi) is 2.74. The molecule has 92 valence electrons. The van der Waals surface area contributed by atoms with Gasteiger partial charge in [0.05, 0.1) is 11.6 Å². The molecule has 1 aliphatic rings. The Morgan fingerprint density at radius 3 is 3.06 bits per heavy atom. The molecule has 0 radical (unpaired) electrons. The van der Waals surface area contributed by atoms with Gasteiger partial charge in [0.15, 0.2) is 0 Å². The molecule has 3 nitrogen and oxygen atoms in total. The van der Waals surface area contributed by atoms with Crippen molar-refractivity contribution in [3.8, 4) is 0 Å². The van der Waals surface area contributed by atoms with Crippen LogP contribution in [0.1, 0.15) is 31.4 Å². The smallest absolute Gasteiger partial charge is 0.219 e. The van der Waals surface area contributed by atoms with Crippen molar-refractivity contribution in [2.45, 2.75) is 25.8 Å². The van der Waals surface area contributed by atoms with Crippen LogP contribution in [-0.2, 0) is 4.79 Å². The van der Waals surface area contributed by atoms with Crippen LogP contribution in [0.25, 0.3) is 10.9 Å². The topological polar surface area (TPSA) is 33.2 Å². The lowest BCUT2D eigenvalue weighted by molar-refractivity contribution is -0.129. The quantitative estimate of drug-likeness (QED) is 0.768. The summed E-state index contributed by atoms with van der Waals surface area (Å²) in [6, 6.07) is 10.5. The molecule has 0 unspecified atom stereocenters. The first-order chi connectivity index (χ1) is 8.75. The summed E-state index contributed by atoms with van der Waals surface area (Å²) >= 11 is 0. The Morgan fingerprint density at radius 1 is 1.39 bits per heavy atom. The van der Waals surface area contributed by atoms with E-state index in [1.807, 2.05) is 29.3 Å². The molecule has 1 aromatic heterocycles. The number of aromatic nitrogens is 1. The zero-order valence-corrected chi connectivity index (χ0v) is 10.5. The first kappa shape index (κ1) is 11.2. The van der Waals surface area contributed by atoms with E-state index in [0.717, 1.165) is 35.9 Å². The number of carbonyl (C=O) groups is 1. The van der Waals surface area contributed by atoms with Gasteiger partial charge in [0.25, 0.3) is 0 Å². The summed E-state index contributed by atoms with van der Waals surface area (Å²) in [5.74, 6) is 0.158. The molecule has 1 amide bonds. The van der Waals surface area contributed by atoms with Gasteiger partial charge in [0.2, 0.25) is 5.91 Å². The van der Waals surface area contributed by atoms with E-state index >= 15 is 0 Å². The number of carbonyl (C=O) groups excluding carboxylic acids is 1. The van der Waals surface area contributed by atoms with Crippen LogP contribution in [0, 0.1) is 0 Å². The van der Waals surface area contributed by atoms with Gasteiger partial charge >= 0.3 is 0 Å². The van der Waals surface area contributed by atoms with E-state index in [9.17, 15) is 4.79 Å². The highest BCUT2D eigenvalue weighted by atomic mass is 16.2. The van der Waals surface area contributed by atoms with Crippen molar-refractivity contribution >= 4 is 16.8 Å². The van der Waals surface area contributed by atoms with Gasteiger partial charge in [-0.2, -0.15) is 0 Å². The number of pyridine rings is 1. The highest BCUT2D eigenvalue weighted by molar-refractivity contribution is 5.79. The number of para-hydroxylation sites is 1. The van der Waals surface area contributed by atoms with Crippen LogP contribution in [-0.4, -0.2) is 22.3 Å². The number of likely N-dealkylation sites (tertiary alicyclic amines) is 1. The van der Waals surface area contributed by atoms with E-state index < -0.39 is 0 Å². The molecule has 0 saturated carbocycles.